The zero-order chi connectivity index (χ0) is 14.8. The summed E-state index contributed by atoms with van der Waals surface area (Å²) >= 11 is 0. The molecule has 0 unspecified atom stereocenters. The fraction of sp³-hybridized carbons (Fsp3) is 0.667. The van der Waals surface area contributed by atoms with Crippen LogP contribution >= 0.6 is 0 Å². The summed E-state index contributed by atoms with van der Waals surface area (Å²) in [4.78, 5) is 0. The number of aromatic nitrogens is 4. The Morgan fingerprint density at radius 2 is 1.95 bits per heavy atom. The molecule has 0 atom stereocenters. The first-order valence-electron chi connectivity index (χ1n) is 7.71. The van der Waals surface area contributed by atoms with Gasteiger partial charge in [-0.05, 0) is 26.7 Å². The molecule has 0 amide bonds. The lowest BCUT2D eigenvalue weighted by atomic mass is 9.89. The van der Waals surface area contributed by atoms with E-state index in [0.717, 1.165) is 17.3 Å². The van der Waals surface area contributed by atoms with Crippen molar-refractivity contribution in [2.75, 3.05) is 5.32 Å². The van der Waals surface area contributed by atoms with Crippen LogP contribution in [0.2, 0.25) is 0 Å². The minimum Gasteiger partial charge on any atom is -0.408 e. The van der Waals surface area contributed by atoms with E-state index in [2.05, 4.69) is 27.5 Å². The molecule has 2 aromatic rings. The van der Waals surface area contributed by atoms with Crippen LogP contribution < -0.4 is 5.32 Å². The summed E-state index contributed by atoms with van der Waals surface area (Å²) in [5.41, 5.74) is 3.39. The summed E-state index contributed by atoms with van der Waals surface area (Å²) in [6, 6.07) is 0.512. The van der Waals surface area contributed by atoms with Crippen LogP contribution in [0.4, 0.5) is 6.01 Å². The topological polar surface area (TPSA) is 68.8 Å². The van der Waals surface area contributed by atoms with E-state index in [-0.39, 0.29) is 0 Å². The second-order valence-electron chi connectivity index (χ2n) is 5.91. The summed E-state index contributed by atoms with van der Waals surface area (Å²) in [5, 5.41) is 16.0. The Bertz CT molecular complexity index is 610. The maximum Gasteiger partial charge on any atom is 0.315 e. The maximum atomic E-state index is 5.77. The van der Waals surface area contributed by atoms with Gasteiger partial charge in [0.05, 0.1) is 5.69 Å². The van der Waals surface area contributed by atoms with Gasteiger partial charge in [0.1, 0.15) is 0 Å². The van der Waals surface area contributed by atoms with Crippen molar-refractivity contribution in [2.45, 2.75) is 58.4 Å². The van der Waals surface area contributed by atoms with Crippen LogP contribution in [0.3, 0.4) is 0 Å². The predicted octanol–water partition coefficient (Wildman–Crippen LogP) is 3.08. The summed E-state index contributed by atoms with van der Waals surface area (Å²) in [7, 11) is 1.96. The van der Waals surface area contributed by atoms with E-state index in [1.54, 1.807) is 0 Å². The van der Waals surface area contributed by atoms with Crippen LogP contribution in [0.1, 0.15) is 60.9 Å². The van der Waals surface area contributed by atoms with Crippen molar-refractivity contribution in [1.82, 2.24) is 20.0 Å². The first-order chi connectivity index (χ1) is 10.1. The molecular formula is C15H23N5O. The monoisotopic (exact) mass is 289 g/mol. The van der Waals surface area contributed by atoms with Crippen LogP contribution in [-0.2, 0) is 13.6 Å². The van der Waals surface area contributed by atoms with Crippen LogP contribution in [0.5, 0.6) is 0 Å². The first kappa shape index (κ1) is 14.1. The number of nitrogens with one attached hydrogen (secondary N) is 1. The summed E-state index contributed by atoms with van der Waals surface area (Å²) in [6.07, 6.45) is 6.20. The van der Waals surface area contributed by atoms with E-state index in [1.165, 1.54) is 37.7 Å². The van der Waals surface area contributed by atoms with Crippen LogP contribution in [0.25, 0.3) is 0 Å². The lowest BCUT2D eigenvalue weighted by molar-refractivity contribution is 0.367. The van der Waals surface area contributed by atoms with E-state index in [9.17, 15) is 0 Å². The minimum absolute atomic E-state index is 0.448. The van der Waals surface area contributed by atoms with Gasteiger partial charge < -0.3 is 9.73 Å². The highest BCUT2D eigenvalue weighted by Gasteiger charge is 2.21. The van der Waals surface area contributed by atoms with Gasteiger partial charge in [0.2, 0.25) is 5.89 Å². The van der Waals surface area contributed by atoms with Crippen molar-refractivity contribution in [3.63, 3.8) is 0 Å². The van der Waals surface area contributed by atoms with Crippen molar-refractivity contribution in [1.29, 1.82) is 0 Å². The van der Waals surface area contributed by atoms with E-state index >= 15 is 0 Å². The predicted molar refractivity (Wildman–Crippen MR) is 80.1 cm³/mol. The van der Waals surface area contributed by atoms with Crippen molar-refractivity contribution >= 4 is 6.01 Å². The average molecular weight is 289 g/mol. The molecule has 114 valence electrons. The molecule has 2 aromatic heterocycles. The van der Waals surface area contributed by atoms with Gasteiger partial charge >= 0.3 is 6.01 Å². The molecule has 1 aliphatic rings. The number of rotatable bonds is 4. The third kappa shape index (κ3) is 2.94. The van der Waals surface area contributed by atoms with Crippen molar-refractivity contribution in [2.24, 2.45) is 7.05 Å². The zero-order valence-corrected chi connectivity index (χ0v) is 13.0. The Morgan fingerprint density at radius 1 is 1.19 bits per heavy atom. The number of aryl methyl sites for hydroxylation is 2. The molecule has 3 rings (SSSR count). The molecule has 0 spiro atoms. The van der Waals surface area contributed by atoms with Gasteiger partial charge in [-0.15, -0.1) is 5.10 Å². The molecule has 1 N–H and O–H groups in total. The Hall–Kier alpha value is -1.85. The molecule has 0 saturated heterocycles. The van der Waals surface area contributed by atoms with Crippen LogP contribution in [0.15, 0.2) is 4.42 Å². The van der Waals surface area contributed by atoms with Crippen LogP contribution in [0, 0.1) is 13.8 Å². The number of hydrogen-bond donors (Lipinski definition) is 1. The SMILES string of the molecule is Cc1nn(C)c(C)c1CNc1nnc(C2CCCCC2)o1. The molecule has 0 bridgehead atoms. The Morgan fingerprint density at radius 3 is 2.62 bits per heavy atom. The third-order valence-electron chi connectivity index (χ3n) is 4.47. The Kier molecular flexibility index (Phi) is 3.94. The summed E-state index contributed by atoms with van der Waals surface area (Å²) in [6.45, 7) is 4.75. The largest absolute Gasteiger partial charge is 0.408 e. The molecule has 2 heterocycles. The van der Waals surface area contributed by atoms with Crippen molar-refractivity contribution < 1.29 is 4.42 Å². The van der Waals surface area contributed by atoms with Gasteiger partial charge in [-0.2, -0.15) is 5.10 Å². The Balaban J connectivity index is 1.64. The molecule has 1 aliphatic carbocycles. The Labute approximate surface area is 124 Å². The smallest absolute Gasteiger partial charge is 0.315 e. The second kappa shape index (κ2) is 5.87. The zero-order valence-electron chi connectivity index (χ0n) is 13.0. The number of nitrogens with zero attached hydrogens (tertiary/aromatic N) is 4. The highest BCUT2D eigenvalue weighted by molar-refractivity contribution is 5.29. The van der Waals surface area contributed by atoms with Crippen molar-refractivity contribution in [3.8, 4) is 0 Å². The van der Waals surface area contributed by atoms with E-state index in [4.69, 9.17) is 4.42 Å². The highest BCUT2D eigenvalue weighted by atomic mass is 16.4. The molecule has 0 aliphatic heterocycles. The fourth-order valence-electron chi connectivity index (χ4n) is 3.06. The quantitative estimate of drug-likeness (QED) is 0.936. The van der Waals surface area contributed by atoms with Gasteiger partial charge in [-0.1, -0.05) is 24.4 Å². The summed E-state index contributed by atoms with van der Waals surface area (Å²) < 4.78 is 7.67. The third-order valence-corrected chi connectivity index (χ3v) is 4.47. The number of anilines is 1. The van der Waals surface area contributed by atoms with E-state index < -0.39 is 0 Å². The highest BCUT2D eigenvalue weighted by Crippen LogP contribution is 2.32. The van der Waals surface area contributed by atoms with Gasteiger partial charge in [0.15, 0.2) is 0 Å². The second-order valence-corrected chi connectivity index (χ2v) is 5.91. The lowest BCUT2D eigenvalue weighted by Gasteiger charge is -2.17. The standard InChI is InChI=1S/C15H23N5O/c1-10-13(11(2)20(3)19-10)9-16-15-18-17-14(21-15)12-7-5-4-6-8-12/h12H,4-9H2,1-3H3,(H,16,18). The lowest BCUT2D eigenvalue weighted by Crippen LogP contribution is -2.04. The fourth-order valence-corrected chi connectivity index (χ4v) is 3.06. The maximum absolute atomic E-state index is 5.77. The van der Waals surface area contributed by atoms with E-state index in [1.807, 2.05) is 18.7 Å². The first-order valence-corrected chi connectivity index (χ1v) is 7.71. The molecule has 0 aromatic carbocycles. The minimum atomic E-state index is 0.448. The molecule has 1 fully saturated rings. The summed E-state index contributed by atoms with van der Waals surface area (Å²) in [5.74, 6) is 1.24. The normalized spacial score (nSPS) is 16.3. The van der Waals surface area contributed by atoms with Crippen molar-refractivity contribution in [3.05, 3.63) is 22.8 Å². The molecule has 1 saturated carbocycles. The molecule has 0 radical (unpaired) electrons. The molecule has 6 nitrogen and oxygen atoms in total. The van der Waals surface area contributed by atoms with Gasteiger partial charge in [-0.25, -0.2) is 0 Å². The number of hydrogen-bond acceptors (Lipinski definition) is 5. The van der Waals surface area contributed by atoms with Gasteiger partial charge in [-0.3, -0.25) is 4.68 Å². The van der Waals surface area contributed by atoms with Crippen LogP contribution in [-0.4, -0.2) is 20.0 Å². The van der Waals surface area contributed by atoms with Gasteiger partial charge in [0.25, 0.3) is 0 Å². The van der Waals surface area contributed by atoms with E-state index in [0.29, 0.717) is 18.5 Å². The molecular weight excluding hydrogens is 266 g/mol. The van der Waals surface area contributed by atoms with Gasteiger partial charge in [0, 0.05) is 30.8 Å². The average Bonchev–Trinajstić information content (AvgIpc) is 3.05. The molecule has 21 heavy (non-hydrogen) atoms. The molecule has 6 heteroatoms.